The first kappa shape index (κ1) is 17.2. The quantitative estimate of drug-likeness (QED) is 0.418. The number of hydrogen-bond acceptors (Lipinski definition) is 5. The first-order chi connectivity index (χ1) is 12.6. The minimum absolute atomic E-state index is 0.0510. The number of aromatic nitrogens is 2. The Morgan fingerprint density at radius 2 is 1.96 bits per heavy atom. The zero-order valence-electron chi connectivity index (χ0n) is 14.2. The van der Waals surface area contributed by atoms with Crippen molar-refractivity contribution in [2.24, 2.45) is 0 Å². The van der Waals surface area contributed by atoms with Gasteiger partial charge in [0.15, 0.2) is 11.6 Å². The topological polar surface area (TPSA) is 99.0 Å². The van der Waals surface area contributed by atoms with Crippen molar-refractivity contribution >= 4 is 22.6 Å². The number of aromatic amines is 1. The third kappa shape index (κ3) is 3.73. The Morgan fingerprint density at radius 3 is 2.69 bits per heavy atom. The number of ether oxygens (including phenoxy) is 1. The normalized spacial score (nSPS) is 11.7. The summed E-state index contributed by atoms with van der Waals surface area (Å²) in [6.45, 7) is 1.53. The zero-order valence-corrected chi connectivity index (χ0v) is 14.2. The number of allylic oxidation sites excluding steroid dienone is 1. The minimum Gasteiger partial charge on any atom is -0.507 e. The van der Waals surface area contributed by atoms with E-state index in [0.717, 1.165) is 16.6 Å². The summed E-state index contributed by atoms with van der Waals surface area (Å²) in [6.07, 6.45) is 0.104. The monoisotopic (exact) mass is 347 g/mol. The number of aliphatic hydroxyl groups excluding tert-OH is 1. The number of imidazole rings is 1. The van der Waals surface area contributed by atoms with Gasteiger partial charge in [0, 0.05) is 0 Å². The molecule has 6 nitrogen and oxygen atoms in total. The third-order valence-electron chi connectivity index (χ3n) is 3.99. The molecule has 1 aromatic heterocycles. The predicted molar refractivity (Wildman–Crippen MR) is 97.1 cm³/mol. The van der Waals surface area contributed by atoms with Crippen molar-refractivity contribution in [3.05, 3.63) is 71.2 Å². The number of carbonyl (C=O) groups excluding carboxylic acids is 1. The fraction of sp³-hybridized carbons (Fsp3) is 0.150. The molecule has 1 heterocycles. The average Bonchev–Trinajstić information content (AvgIpc) is 3.06. The smallest absolute Gasteiger partial charge is 0.310 e. The molecule has 130 valence electrons. The van der Waals surface area contributed by atoms with Gasteiger partial charge in [-0.25, -0.2) is 4.98 Å². The number of nitriles is 1. The lowest BCUT2D eigenvalue weighted by Gasteiger charge is -2.07. The Hall–Kier alpha value is -3.59. The number of hydrogen-bond donors (Lipinski definition) is 2. The van der Waals surface area contributed by atoms with Gasteiger partial charge in [0.2, 0.25) is 0 Å². The maximum absolute atomic E-state index is 12.0. The van der Waals surface area contributed by atoms with E-state index in [-0.39, 0.29) is 30.2 Å². The maximum atomic E-state index is 12.0. The van der Waals surface area contributed by atoms with E-state index in [9.17, 15) is 15.2 Å². The fourth-order valence-electron chi connectivity index (χ4n) is 2.56. The lowest BCUT2D eigenvalue weighted by molar-refractivity contribution is -0.142. The Balaban J connectivity index is 1.72. The summed E-state index contributed by atoms with van der Waals surface area (Å²) in [5.41, 5.74) is 3.23. The molecule has 0 aliphatic heterocycles. The Kier molecular flexibility index (Phi) is 4.99. The molecule has 0 aliphatic carbocycles. The van der Waals surface area contributed by atoms with Crippen LogP contribution in [0.3, 0.4) is 0 Å². The second-order valence-electron chi connectivity index (χ2n) is 5.80. The molecule has 0 saturated carbocycles. The number of aryl methyl sites for hydroxylation is 1. The molecule has 26 heavy (non-hydrogen) atoms. The van der Waals surface area contributed by atoms with Crippen molar-refractivity contribution < 1.29 is 14.6 Å². The van der Waals surface area contributed by atoms with Crippen molar-refractivity contribution in [3.8, 4) is 6.07 Å². The molecule has 3 aromatic rings. The van der Waals surface area contributed by atoms with Gasteiger partial charge in [0.1, 0.15) is 18.2 Å². The van der Waals surface area contributed by atoms with Gasteiger partial charge in [-0.05, 0) is 30.2 Å². The van der Waals surface area contributed by atoms with E-state index in [1.165, 1.54) is 0 Å². The first-order valence-corrected chi connectivity index (χ1v) is 8.06. The predicted octanol–water partition coefficient (Wildman–Crippen LogP) is 3.45. The van der Waals surface area contributed by atoms with E-state index in [2.05, 4.69) is 9.97 Å². The van der Waals surface area contributed by atoms with Crippen LogP contribution in [-0.2, 0) is 16.0 Å². The number of para-hydroxylation sites is 2. The number of H-pyrrole nitrogens is 1. The number of aliphatic hydroxyl groups is 1. The van der Waals surface area contributed by atoms with Crippen molar-refractivity contribution in [1.82, 2.24) is 9.97 Å². The summed E-state index contributed by atoms with van der Waals surface area (Å²) in [6, 6.07) is 16.7. The molecule has 0 radical (unpaired) electrons. The third-order valence-corrected chi connectivity index (χ3v) is 3.99. The van der Waals surface area contributed by atoms with E-state index < -0.39 is 5.97 Å². The highest BCUT2D eigenvalue weighted by atomic mass is 16.5. The lowest BCUT2D eigenvalue weighted by atomic mass is 10.1. The van der Waals surface area contributed by atoms with Crippen LogP contribution >= 0.6 is 0 Å². The van der Waals surface area contributed by atoms with E-state index in [1.807, 2.05) is 55.5 Å². The standard InChI is InChI=1S/C20H17N3O3/c1-13-6-2-3-7-14(13)10-19(25)26-12-18(24)15(11-21)20-22-16-8-4-5-9-17(16)23-20/h2-9,24H,10,12H2,1H3,(H,22,23)/b18-15-. The van der Waals surface area contributed by atoms with Gasteiger partial charge in [0.25, 0.3) is 0 Å². The molecule has 0 aliphatic rings. The van der Waals surface area contributed by atoms with Crippen LogP contribution in [0.5, 0.6) is 0 Å². The van der Waals surface area contributed by atoms with Crippen molar-refractivity contribution in [2.75, 3.05) is 6.61 Å². The molecular weight excluding hydrogens is 330 g/mol. The molecule has 0 bridgehead atoms. The van der Waals surface area contributed by atoms with Gasteiger partial charge >= 0.3 is 5.97 Å². The van der Waals surface area contributed by atoms with Crippen molar-refractivity contribution in [3.63, 3.8) is 0 Å². The number of esters is 1. The van der Waals surface area contributed by atoms with Crippen LogP contribution in [-0.4, -0.2) is 27.7 Å². The number of rotatable bonds is 5. The van der Waals surface area contributed by atoms with E-state index >= 15 is 0 Å². The number of fused-ring (bicyclic) bond motifs is 1. The SMILES string of the molecule is Cc1ccccc1CC(=O)OC/C(O)=C(\C#N)c1nc2ccccc2[nH]1. The highest BCUT2D eigenvalue weighted by Gasteiger charge is 2.15. The van der Waals surface area contributed by atoms with Crippen LogP contribution in [0, 0.1) is 18.3 Å². The van der Waals surface area contributed by atoms with E-state index in [1.54, 1.807) is 6.07 Å². The first-order valence-electron chi connectivity index (χ1n) is 8.06. The minimum atomic E-state index is -0.479. The second-order valence-corrected chi connectivity index (χ2v) is 5.80. The molecule has 0 amide bonds. The molecule has 3 rings (SSSR count). The molecule has 0 atom stereocenters. The molecule has 2 N–H and O–H groups in total. The van der Waals surface area contributed by atoms with Gasteiger partial charge in [-0.3, -0.25) is 4.79 Å². The van der Waals surface area contributed by atoms with Gasteiger partial charge in [-0.15, -0.1) is 0 Å². The Morgan fingerprint density at radius 1 is 1.23 bits per heavy atom. The van der Waals surface area contributed by atoms with Crippen LogP contribution < -0.4 is 0 Å². The van der Waals surface area contributed by atoms with Crippen LogP contribution in [0.25, 0.3) is 16.6 Å². The maximum Gasteiger partial charge on any atom is 0.310 e. The van der Waals surface area contributed by atoms with Crippen LogP contribution in [0.1, 0.15) is 17.0 Å². The van der Waals surface area contributed by atoms with Gasteiger partial charge in [-0.2, -0.15) is 5.26 Å². The Labute approximate surface area is 150 Å². The summed E-state index contributed by atoms with van der Waals surface area (Å²) < 4.78 is 5.10. The van der Waals surface area contributed by atoms with Crippen LogP contribution in [0.15, 0.2) is 54.3 Å². The summed E-state index contributed by atoms with van der Waals surface area (Å²) in [7, 11) is 0. The van der Waals surface area contributed by atoms with Gasteiger partial charge in [-0.1, -0.05) is 36.4 Å². The van der Waals surface area contributed by atoms with Crippen molar-refractivity contribution in [2.45, 2.75) is 13.3 Å². The highest BCUT2D eigenvalue weighted by Crippen LogP contribution is 2.19. The average molecular weight is 347 g/mol. The summed E-state index contributed by atoms with van der Waals surface area (Å²) in [5, 5.41) is 19.5. The number of carbonyl (C=O) groups is 1. The van der Waals surface area contributed by atoms with E-state index in [4.69, 9.17) is 4.74 Å². The molecule has 0 spiro atoms. The molecule has 2 aromatic carbocycles. The molecule has 0 unspecified atom stereocenters. The number of nitrogens with zero attached hydrogens (tertiary/aromatic N) is 2. The highest BCUT2D eigenvalue weighted by molar-refractivity contribution is 5.83. The summed E-state index contributed by atoms with van der Waals surface area (Å²) in [4.78, 5) is 19.2. The Bertz CT molecular complexity index is 995. The number of nitrogens with one attached hydrogen (secondary N) is 1. The van der Waals surface area contributed by atoms with Crippen LogP contribution in [0.4, 0.5) is 0 Å². The fourth-order valence-corrected chi connectivity index (χ4v) is 2.56. The molecular formula is C20H17N3O3. The molecule has 6 heteroatoms. The second kappa shape index (κ2) is 7.53. The molecule has 0 saturated heterocycles. The van der Waals surface area contributed by atoms with Gasteiger partial charge < -0.3 is 14.8 Å². The summed E-state index contributed by atoms with van der Waals surface area (Å²) >= 11 is 0. The zero-order chi connectivity index (χ0) is 18.5. The van der Waals surface area contributed by atoms with Crippen molar-refractivity contribution in [1.29, 1.82) is 5.26 Å². The summed E-state index contributed by atoms with van der Waals surface area (Å²) in [5.74, 6) is -0.585. The van der Waals surface area contributed by atoms with Gasteiger partial charge in [0.05, 0.1) is 17.5 Å². The largest absolute Gasteiger partial charge is 0.507 e. The van der Waals surface area contributed by atoms with E-state index in [0.29, 0.717) is 5.52 Å². The number of benzene rings is 2. The van der Waals surface area contributed by atoms with Crippen LogP contribution in [0.2, 0.25) is 0 Å². The lowest BCUT2D eigenvalue weighted by Crippen LogP contribution is -2.12. The molecule has 0 fully saturated rings.